The summed E-state index contributed by atoms with van der Waals surface area (Å²) in [5.74, 6) is -0.998. The second kappa shape index (κ2) is 8.90. The van der Waals surface area contributed by atoms with Gasteiger partial charge < -0.3 is 15.2 Å². The summed E-state index contributed by atoms with van der Waals surface area (Å²) in [6, 6.07) is 16.3. The quantitative estimate of drug-likeness (QED) is 0.703. The van der Waals surface area contributed by atoms with Gasteiger partial charge in [0, 0.05) is 5.92 Å². The fourth-order valence-electron chi connectivity index (χ4n) is 4.91. The van der Waals surface area contributed by atoms with Gasteiger partial charge >= 0.3 is 12.1 Å². The van der Waals surface area contributed by atoms with E-state index in [9.17, 15) is 14.7 Å². The predicted molar refractivity (Wildman–Crippen MR) is 116 cm³/mol. The van der Waals surface area contributed by atoms with Gasteiger partial charge in [-0.25, -0.2) is 9.59 Å². The van der Waals surface area contributed by atoms with Crippen molar-refractivity contribution in [3.8, 4) is 11.1 Å². The van der Waals surface area contributed by atoms with Crippen LogP contribution in [0.25, 0.3) is 11.1 Å². The minimum Gasteiger partial charge on any atom is -0.480 e. The average Bonchev–Trinajstić information content (AvgIpc) is 3.12. The van der Waals surface area contributed by atoms with Crippen LogP contribution >= 0.6 is 0 Å². The highest BCUT2D eigenvalue weighted by molar-refractivity contribution is 5.84. The molecular formula is C25H29NO4. The zero-order chi connectivity index (χ0) is 21.0. The Morgan fingerprint density at radius 3 is 1.90 bits per heavy atom. The third kappa shape index (κ3) is 4.07. The van der Waals surface area contributed by atoms with Crippen LogP contribution in [0.1, 0.15) is 68.4 Å². The molecule has 1 amide bonds. The number of benzene rings is 2. The number of hydrogen-bond acceptors (Lipinski definition) is 3. The Balaban J connectivity index is 1.47. The van der Waals surface area contributed by atoms with Crippen LogP contribution in [0.2, 0.25) is 0 Å². The van der Waals surface area contributed by atoms with Crippen molar-refractivity contribution in [2.45, 2.75) is 62.8 Å². The molecule has 158 valence electrons. The molecule has 2 aliphatic carbocycles. The normalized spacial score (nSPS) is 18.3. The van der Waals surface area contributed by atoms with Gasteiger partial charge in [0.2, 0.25) is 0 Å². The Bertz CT molecular complexity index is 867. The predicted octanol–water partition coefficient (Wildman–Crippen LogP) is 5.48. The topological polar surface area (TPSA) is 75.6 Å². The number of amides is 1. The van der Waals surface area contributed by atoms with Crippen molar-refractivity contribution in [1.29, 1.82) is 0 Å². The second-order valence-corrected chi connectivity index (χ2v) is 8.46. The number of hydrogen-bond donors (Lipinski definition) is 2. The molecule has 0 heterocycles. The van der Waals surface area contributed by atoms with Crippen LogP contribution in [0, 0.1) is 0 Å². The van der Waals surface area contributed by atoms with Crippen molar-refractivity contribution in [2.24, 2.45) is 0 Å². The molecule has 5 nitrogen and oxygen atoms in total. The van der Waals surface area contributed by atoms with E-state index >= 15 is 0 Å². The number of carboxylic acids is 1. The third-order valence-electron chi connectivity index (χ3n) is 6.55. The molecule has 1 fully saturated rings. The van der Waals surface area contributed by atoms with Gasteiger partial charge in [0.15, 0.2) is 0 Å². The van der Waals surface area contributed by atoms with Crippen LogP contribution < -0.4 is 5.32 Å². The minimum absolute atomic E-state index is 0.0375. The molecule has 5 heteroatoms. The molecule has 30 heavy (non-hydrogen) atoms. The van der Waals surface area contributed by atoms with Gasteiger partial charge in [0.05, 0.1) is 0 Å². The van der Waals surface area contributed by atoms with Crippen LogP contribution in [-0.2, 0) is 9.53 Å². The van der Waals surface area contributed by atoms with E-state index < -0.39 is 17.6 Å². The van der Waals surface area contributed by atoms with Crippen LogP contribution in [0.15, 0.2) is 48.5 Å². The average molecular weight is 408 g/mol. The lowest BCUT2D eigenvalue weighted by Gasteiger charge is -2.30. The number of fused-ring (bicyclic) bond motifs is 3. The molecule has 2 N–H and O–H groups in total. The molecule has 0 aliphatic heterocycles. The van der Waals surface area contributed by atoms with Crippen molar-refractivity contribution >= 4 is 12.1 Å². The largest absolute Gasteiger partial charge is 0.480 e. The molecule has 0 spiro atoms. The summed E-state index contributed by atoms with van der Waals surface area (Å²) in [6.07, 6.45) is 6.12. The number of carboxylic acid groups (broad SMARTS) is 1. The molecule has 2 aromatic carbocycles. The smallest absolute Gasteiger partial charge is 0.408 e. The first kappa shape index (κ1) is 20.5. The minimum atomic E-state index is -1.23. The Hall–Kier alpha value is -2.82. The first-order valence-electron chi connectivity index (χ1n) is 11.0. The van der Waals surface area contributed by atoms with Gasteiger partial charge in [-0.2, -0.15) is 0 Å². The number of nitrogens with one attached hydrogen (secondary N) is 1. The SMILES string of the molecule is O=C(NC1(C(=O)O)CCCCCCCC1)OCC1c2ccccc2-c2ccccc21. The molecule has 2 aromatic rings. The fourth-order valence-corrected chi connectivity index (χ4v) is 4.91. The van der Waals surface area contributed by atoms with Gasteiger partial charge in [-0.05, 0) is 35.1 Å². The molecular weight excluding hydrogens is 378 g/mol. The highest BCUT2D eigenvalue weighted by Crippen LogP contribution is 2.44. The monoisotopic (exact) mass is 407 g/mol. The third-order valence-corrected chi connectivity index (χ3v) is 6.55. The summed E-state index contributed by atoms with van der Waals surface area (Å²) in [5, 5.41) is 12.7. The summed E-state index contributed by atoms with van der Waals surface area (Å²) in [7, 11) is 0. The van der Waals surface area contributed by atoms with Crippen LogP contribution in [0.5, 0.6) is 0 Å². The zero-order valence-corrected chi connectivity index (χ0v) is 17.2. The van der Waals surface area contributed by atoms with E-state index in [4.69, 9.17) is 4.74 Å². The maximum atomic E-state index is 12.7. The van der Waals surface area contributed by atoms with Gasteiger partial charge in [-0.3, -0.25) is 0 Å². The van der Waals surface area contributed by atoms with E-state index in [-0.39, 0.29) is 12.5 Å². The maximum absolute atomic E-state index is 12.7. The molecule has 0 saturated heterocycles. The molecule has 1 saturated carbocycles. The van der Waals surface area contributed by atoms with Crippen LogP contribution in [-0.4, -0.2) is 29.3 Å². The van der Waals surface area contributed by atoms with Crippen molar-refractivity contribution in [3.63, 3.8) is 0 Å². The highest BCUT2D eigenvalue weighted by atomic mass is 16.5. The Morgan fingerprint density at radius 1 is 0.867 bits per heavy atom. The second-order valence-electron chi connectivity index (χ2n) is 8.46. The standard InChI is InChI=1S/C25H29NO4/c27-23(28)25(15-9-3-1-2-4-10-16-25)26-24(29)30-17-22-20-13-7-5-11-18(20)19-12-6-8-14-21(19)22/h5-8,11-14,22H,1-4,9-10,15-17H2,(H,26,29)(H,27,28). The van der Waals surface area contributed by atoms with Crippen molar-refractivity contribution < 1.29 is 19.4 Å². The number of carbonyl (C=O) groups excluding carboxylic acids is 1. The van der Waals surface area contributed by atoms with Crippen molar-refractivity contribution in [1.82, 2.24) is 5.32 Å². The van der Waals surface area contributed by atoms with Crippen LogP contribution in [0.4, 0.5) is 4.79 Å². The summed E-state index contributed by atoms with van der Waals surface area (Å²) in [4.78, 5) is 24.8. The number of carbonyl (C=O) groups is 2. The Labute approximate surface area is 177 Å². The van der Waals surface area contributed by atoms with Gasteiger partial charge in [0.1, 0.15) is 12.1 Å². The highest BCUT2D eigenvalue weighted by Gasteiger charge is 2.40. The number of rotatable bonds is 4. The van der Waals surface area contributed by atoms with E-state index in [1.165, 1.54) is 11.1 Å². The lowest BCUT2D eigenvalue weighted by molar-refractivity contribution is -0.145. The summed E-state index contributed by atoms with van der Waals surface area (Å²) >= 11 is 0. The summed E-state index contributed by atoms with van der Waals surface area (Å²) < 4.78 is 5.61. The lowest BCUT2D eigenvalue weighted by Crippen LogP contribution is -2.54. The summed E-state index contributed by atoms with van der Waals surface area (Å²) in [5.41, 5.74) is 3.39. The summed E-state index contributed by atoms with van der Waals surface area (Å²) in [6.45, 7) is 0.190. The van der Waals surface area contributed by atoms with E-state index in [0.717, 1.165) is 49.7 Å². The van der Waals surface area contributed by atoms with Crippen molar-refractivity contribution in [3.05, 3.63) is 59.7 Å². The number of alkyl carbamates (subject to hydrolysis) is 1. The Kier molecular flexibility index (Phi) is 6.07. The van der Waals surface area contributed by atoms with Gasteiger partial charge in [0.25, 0.3) is 0 Å². The fraction of sp³-hybridized carbons (Fsp3) is 0.440. The number of ether oxygens (including phenoxy) is 1. The molecule has 4 rings (SSSR count). The zero-order valence-electron chi connectivity index (χ0n) is 17.2. The van der Waals surface area contributed by atoms with Crippen molar-refractivity contribution in [2.75, 3.05) is 6.61 Å². The lowest BCUT2D eigenvalue weighted by atomic mass is 9.88. The van der Waals surface area contributed by atoms with E-state index in [1.807, 2.05) is 24.3 Å². The van der Waals surface area contributed by atoms with Gasteiger partial charge in [-0.1, -0.05) is 87.1 Å². The first-order valence-corrected chi connectivity index (χ1v) is 11.0. The van der Waals surface area contributed by atoms with E-state index in [0.29, 0.717) is 12.8 Å². The molecule has 0 atom stereocenters. The Morgan fingerprint density at radius 2 is 1.37 bits per heavy atom. The van der Waals surface area contributed by atoms with E-state index in [1.54, 1.807) is 0 Å². The molecule has 2 aliphatic rings. The first-order chi connectivity index (χ1) is 14.6. The maximum Gasteiger partial charge on any atom is 0.408 e. The molecule has 0 aromatic heterocycles. The molecule has 0 bridgehead atoms. The van der Waals surface area contributed by atoms with Gasteiger partial charge in [-0.15, -0.1) is 0 Å². The molecule has 0 unspecified atom stereocenters. The number of aliphatic carboxylic acids is 1. The van der Waals surface area contributed by atoms with Crippen LogP contribution in [0.3, 0.4) is 0 Å². The van der Waals surface area contributed by atoms with E-state index in [2.05, 4.69) is 29.6 Å². The molecule has 0 radical (unpaired) electrons.